The molecule has 0 bridgehead atoms. The molecule has 2 aliphatic rings. The molecule has 0 spiro atoms. The molecule has 4 nitrogen and oxygen atoms in total. The van der Waals surface area contributed by atoms with E-state index in [-0.39, 0.29) is 12.4 Å². The molecule has 0 radical (unpaired) electrons. The van der Waals surface area contributed by atoms with Crippen molar-refractivity contribution < 1.29 is 8.42 Å². The first kappa shape index (κ1) is 16.7. The molecule has 1 unspecified atom stereocenters. The predicted molar refractivity (Wildman–Crippen MR) is 86.2 cm³/mol. The van der Waals surface area contributed by atoms with Gasteiger partial charge in [-0.05, 0) is 50.3 Å². The van der Waals surface area contributed by atoms with E-state index in [4.69, 9.17) is 0 Å². The summed E-state index contributed by atoms with van der Waals surface area (Å²) in [6, 6.07) is 9.37. The highest BCUT2D eigenvalue weighted by Gasteiger charge is 2.33. The number of hydrogen-bond donors (Lipinski definition) is 1. The fourth-order valence-electron chi connectivity index (χ4n) is 3.37. The standard InChI is InChI=1S/C15H22N2O2S.ClH/c18-20(19,14-5-2-1-3-6-14)17-11-8-13(9-12-17)15-7-4-10-16-15;/h1-3,5-6,13,15-16H,4,7-12H2;1H. The second-order valence-corrected chi connectivity index (χ2v) is 7.70. The quantitative estimate of drug-likeness (QED) is 0.925. The molecule has 1 aromatic carbocycles. The van der Waals surface area contributed by atoms with Gasteiger partial charge in [0.2, 0.25) is 10.0 Å². The van der Waals surface area contributed by atoms with E-state index >= 15 is 0 Å². The SMILES string of the molecule is Cl.O=S(=O)(c1ccccc1)N1CCC(C2CCCN2)CC1. The summed E-state index contributed by atoms with van der Waals surface area (Å²) in [5, 5.41) is 3.54. The van der Waals surface area contributed by atoms with Crippen molar-refractivity contribution in [2.45, 2.75) is 36.6 Å². The summed E-state index contributed by atoms with van der Waals surface area (Å²) >= 11 is 0. The van der Waals surface area contributed by atoms with E-state index in [1.54, 1.807) is 28.6 Å². The normalized spacial score (nSPS) is 24.7. The summed E-state index contributed by atoms with van der Waals surface area (Å²) in [6.07, 6.45) is 4.46. The molecule has 2 aliphatic heterocycles. The van der Waals surface area contributed by atoms with Crippen molar-refractivity contribution in [2.24, 2.45) is 5.92 Å². The molecular weight excluding hydrogens is 308 g/mol. The van der Waals surface area contributed by atoms with Gasteiger partial charge in [-0.25, -0.2) is 8.42 Å². The maximum Gasteiger partial charge on any atom is 0.243 e. The molecule has 0 aliphatic carbocycles. The minimum absolute atomic E-state index is 0. The largest absolute Gasteiger partial charge is 0.314 e. The van der Waals surface area contributed by atoms with Crippen LogP contribution in [0.15, 0.2) is 35.2 Å². The number of nitrogens with zero attached hydrogens (tertiary/aromatic N) is 1. The van der Waals surface area contributed by atoms with Gasteiger partial charge in [0, 0.05) is 19.1 Å². The van der Waals surface area contributed by atoms with Gasteiger partial charge in [0.25, 0.3) is 0 Å². The summed E-state index contributed by atoms with van der Waals surface area (Å²) in [7, 11) is -3.30. The van der Waals surface area contributed by atoms with Crippen LogP contribution in [0.3, 0.4) is 0 Å². The van der Waals surface area contributed by atoms with Crippen molar-refractivity contribution in [2.75, 3.05) is 19.6 Å². The minimum Gasteiger partial charge on any atom is -0.314 e. The van der Waals surface area contributed by atoms with Gasteiger partial charge in [-0.15, -0.1) is 12.4 Å². The molecule has 2 fully saturated rings. The molecule has 2 saturated heterocycles. The minimum atomic E-state index is -3.30. The molecule has 2 heterocycles. The van der Waals surface area contributed by atoms with Gasteiger partial charge in [0.1, 0.15) is 0 Å². The fourth-order valence-corrected chi connectivity index (χ4v) is 4.86. The van der Waals surface area contributed by atoms with Gasteiger partial charge >= 0.3 is 0 Å². The van der Waals surface area contributed by atoms with Gasteiger partial charge in [-0.1, -0.05) is 18.2 Å². The first-order valence-corrected chi connectivity index (χ1v) is 8.90. The molecule has 6 heteroatoms. The average Bonchev–Trinajstić information content (AvgIpc) is 3.02. The van der Waals surface area contributed by atoms with Gasteiger partial charge < -0.3 is 5.32 Å². The highest BCUT2D eigenvalue weighted by molar-refractivity contribution is 7.89. The molecule has 0 saturated carbocycles. The summed E-state index contributed by atoms with van der Waals surface area (Å²) in [6.45, 7) is 2.42. The van der Waals surface area contributed by atoms with Crippen LogP contribution >= 0.6 is 12.4 Å². The lowest BCUT2D eigenvalue weighted by atomic mass is 9.89. The number of piperidine rings is 1. The number of rotatable bonds is 3. The molecule has 0 aromatic heterocycles. The molecule has 3 rings (SSSR count). The van der Waals surface area contributed by atoms with E-state index in [1.165, 1.54) is 12.8 Å². The highest BCUT2D eigenvalue weighted by Crippen LogP contribution is 2.28. The summed E-state index contributed by atoms with van der Waals surface area (Å²) < 4.78 is 26.7. The fraction of sp³-hybridized carbons (Fsp3) is 0.600. The second-order valence-electron chi connectivity index (χ2n) is 5.76. The third-order valence-corrected chi connectivity index (χ3v) is 6.46. The van der Waals surface area contributed by atoms with Gasteiger partial charge in [0.15, 0.2) is 0 Å². The maximum atomic E-state index is 12.5. The van der Waals surface area contributed by atoms with E-state index in [0.29, 0.717) is 29.9 Å². The van der Waals surface area contributed by atoms with Crippen molar-refractivity contribution in [3.8, 4) is 0 Å². The Balaban J connectivity index is 0.00000161. The van der Waals surface area contributed by atoms with E-state index < -0.39 is 10.0 Å². The van der Waals surface area contributed by atoms with Crippen molar-refractivity contribution >= 4 is 22.4 Å². The van der Waals surface area contributed by atoms with Gasteiger partial charge in [-0.3, -0.25) is 0 Å². The van der Waals surface area contributed by atoms with Crippen LogP contribution in [0.25, 0.3) is 0 Å². The van der Waals surface area contributed by atoms with Crippen molar-refractivity contribution in [3.63, 3.8) is 0 Å². The Hall–Kier alpha value is -0.620. The molecule has 21 heavy (non-hydrogen) atoms. The third-order valence-electron chi connectivity index (χ3n) is 4.55. The molecule has 118 valence electrons. The van der Waals surface area contributed by atoms with Crippen LogP contribution < -0.4 is 5.32 Å². The van der Waals surface area contributed by atoms with E-state index in [9.17, 15) is 8.42 Å². The van der Waals surface area contributed by atoms with Crippen LogP contribution in [0.4, 0.5) is 0 Å². The van der Waals surface area contributed by atoms with Gasteiger partial charge in [0.05, 0.1) is 4.90 Å². The summed E-state index contributed by atoms with van der Waals surface area (Å²) in [5.41, 5.74) is 0. The average molecular weight is 331 g/mol. The zero-order valence-corrected chi connectivity index (χ0v) is 13.7. The van der Waals surface area contributed by atoms with Crippen LogP contribution in [0.2, 0.25) is 0 Å². The number of benzene rings is 1. The lowest BCUT2D eigenvalue weighted by molar-refractivity contribution is 0.234. The third kappa shape index (κ3) is 3.59. The van der Waals surface area contributed by atoms with Crippen LogP contribution in [0.1, 0.15) is 25.7 Å². The molecule has 0 amide bonds. The number of sulfonamides is 1. The Kier molecular flexibility index (Phi) is 5.66. The Bertz CT molecular complexity index is 536. The van der Waals surface area contributed by atoms with Crippen molar-refractivity contribution in [3.05, 3.63) is 30.3 Å². The van der Waals surface area contributed by atoms with Crippen LogP contribution in [-0.2, 0) is 10.0 Å². The first-order valence-electron chi connectivity index (χ1n) is 7.46. The second kappa shape index (κ2) is 7.09. The number of nitrogens with one attached hydrogen (secondary N) is 1. The Morgan fingerprint density at radius 1 is 1.05 bits per heavy atom. The topological polar surface area (TPSA) is 49.4 Å². The van der Waals surface area contributed by atoms with Crippen LogP contribution in [-0.4, -0.2) is 38.4 Å². The van der Waals surface area contributed by atoms with E-state index in [2.05, 4.69) is 5.32 Å². The number of hydrogen-bond acceptors (Lipinski definition) is 3. The zero-order valence-electron chi connectivity index (χ0n) is 12.1. The van der Waals surface area contributed by atoms with E-state index in [0.717, 1.165) is 19.4 Å². The molecule has 1 N–H and O–H groups in total. The van der Waals surface area contributed by atoms with Crippen molar-refractivity contribution in [1.29, 1.82) is 0 Å². The van der Waals surface area contributed by atoms with Crippen LogP contribution in [0.5, 0.6) is 0 Å². The van der Waals surface area contributed by atoms with Crippen molar-refractivity contribution in [1.82, 2.24) is 9.62 Å². The number of halogens is 1. The zero-order chi connectivity index (χ0) is 14.0. The monoisotopic (exact) mass is 330 g/mol. The van der Waals surface area contributed by atoms with Crippen LogP contribution in [0, 0.1) is 5.92 Å². The summed E-state index contributed by atoms with van der Waals surface area (Å²) in [4.78, 5) is 0.414. The molecular formula is C15H23ClN2O2S. The smallest absolute Gasteiger partial charge is 0.243 e. The molecule has 1 atom stereocenters. The highest BCUT2D eigenvalue weighted by atomic mass is 35.5. The van der Waals surface area contributed by atoms with Gasteiger partial charge in [-0.2, -0.15) is 4.31 Å². The Labute approximate surface area is 133 Å². The Morgan fingerprint density at radius 2 is 1.71 bits per heavy atom. The summed E-state index contributed by atoms with van der Waals surface area (Å²) in [5.74, 6) is 0.639. The maximum absolute atomic E-state index is 12.5. The Morgan fingerprint density at radius 3 is 2.29 bits per heavy atom. The lowest BCUT2D eigenvalue weighted by Gasteiger charge is -2.34. The first-order chi connectivity index (χ1) is 9.68. The lowest BCUT2D eigenvalue weighted by Crippen LogP contribution is -2.43. The predicted octanol–water partition coefficient (Wildman–Crippen LogP) is 2.26. The molecule has 1 aromatic rings. The van der Waals surface area contributed by atoms with E-state index in [1.807, 2.05) is 6.07 Å².